The summed E-state index contributed by atoms with van der Waals surface area (Å²) in [5.74, 6) is 0.405. The summed E-state index contributed by atoms with van der Waals surface area (Å²) in [6, 6.07) is 13.8. The first-order chi connectivity index (χ1) is 14.8. The summed E-state index contributed by atoms with van der Waals surface area (Å²) < 4.78 is 31.5. The van der Waals surface area contributed by atoms with E-state index in [1.165, 1.54) is 39.4 Å². The van der Waals surface area contributed by atoms with E-state index in [1.54, 1.807) is 6.20 Å². The van der Waals surface area contributed by atoms with Crippen molar-refractivity contribution in [2.75, 3.05) is 21.2 Å². The zero-order valence-corrected chi connectivity index (χ0v) is 18.7. The van der Waals surface area contributed by atoms with Crippen LogP contribution in [-0.4, -0.2) is 49.8 Å². The molecule has 1 aromatic heterocycles. The van der Waals surface area contributed by atoms with Gasteiger partial charge in [-0.1, -0.05) is 37.3 Å². The maximum atomic E-state index is 12.9. The average Bonchev–Trinajstić information content (AvgIpc) is 3.27. The molecule has 0 aliphatic rings. The molecule has 8 nitrogen and oxygen atoms in total. The minimum absolute atomic E-state index is 0.0648. The SMILES string of the molecule is CCC(NC(=O)c1ccc(OC)c(S(=O)(=O)N(C)C)c1)c1ncc(-c2ccccc2)[nH]1. The van der Waals surface area contributed by atoms with Gasteiger partial charge in [0.25, 0.3) is 5.91 Å². The number of ether oxygens (including phenoxy) is 1. The maximum Gasteiger partial charge on any atom is 0.251 e. The van der Waals surface area contributed by atoms with Crippen LogP contribution in [0, 0.1) is 0 Å². The molecule has 0 saturated carbocycles. The van der Waals surface area contributed by atoms with Crippen LogP contribution in [0.3, 0.4) is 0 Å². The maximum absolute atomic E-state index is 12.9. The first-order valence-corrected chi connectivity index (χ1v) is 11.2. The molecule has 1 amide bonds. The van der Waals surface area contributed by atoms with E-state index in [2.05, 4.69) is 15.3 Å². The summed E-state index contributed by atoms with van der Waals surface area (Å²) in [5.41, 5.74) is 2.07. The molecule has 1 atom stereocenters. The van der Waals surface area contributed by atoms with Gasteiger partial charge in [-0.15, -0.1) is 0 Å². The predicted octanol–water partition coefficient (Wildman–Crippen LogP) is 3.22. The van der Waals surface area contributed by atoms with Crippen LogP contribution in [0.5, 0.6) is 5.75 Å². The smallest absolute Gasteiger partial charge is 0.251 e. The Hall–Kier alpha value is -3.17. The van der Waals surface area contributed by atoms with E-state index in [4.69, 9.17) is 4.74 Å². The highest BCUT2D eigenvalue weighted by Crippen LogP contribution is 2.27. The Bertz CT molecular complexity index is 1160. The standard InChI is InChI=1S/C22H26N4O4S/c1-5-17(21-23-14-18(24-21)15-9-7-6-8-10-15)25-22(27)16-11-12-19(30-4)20(13-16)31(28,29)26(2)3/h6-14,17H,5H2,1-4H3,(H,23,24)(H,25,27). The lowest BCUT2D eigenvalue weighted by atomic mass is 10.1. The van der Waals surface area contributed by atoms with Gasteiger partial charge in [-0.25, -0.2) is 17.7 Å². The number of aromatic amines is 1. The predicted molar refractivity (Wildman–Crippen MR) is 118 cm³/mol. The summed E-state index contributed by atoms with van der Waals surface area (Å²) >= 11 is 0. The number of nitrogens with zero attached hydrogens (tertiary/aromatic N) is 2. The molecular weight excluding hydrogens is 416 g/mol. The molecule has 0 fully saturated rings. The Balaban J connectivity index is 1.86. The second-order valence-corrected chi connectivity index (χ2v) is 9.26. The largest absolute Gasteiger partial charge is 0.495 e. The van der Waals surface area contributed by atoms with E-state index in [-0.39, 0.29) is 22.3 Å². The lowest BCUT2D eigenvalue weighted by Gasteiger charge is -2.17. The number of methoxy groups -OCH3 is 1. The van der Waals surface area contributed by atoms with E-state index in [0.717, 1.165) is 15.6 Å². The Morgan fingerprint density at radius 1 is 1.19 bits per heavy atom. The molecule has 2 aromatic carbocycles. The first-order valence-electron chi connectivity index (χ1n) is 9.79. The molecule has 164 valence electrons. The lowest BCUT2D eigenvalue weighted by molar-refractivity contribution is 0.0933. The van der Waals surface area contributed by atoms with E-state index in [9.17, 15) is 13.2 Å². The average molecular weight is 443 g/mol. The molecule has 3 rings (SSSR count). The third-order valence-corrected chi connectivity index (χ3v) is 6.74. The van der Waals surface area contributed by atoms with E-state index in [0.29, 0.717) is 12.2 Å². The second-order valence-electron chi connectivity index (χ2n) is 7.14. The van der Waals surface area contributed by atoms with Gasteiger partial charge in [0.05, 0.1) is 25.0 Å². The molecule has 3 aromatic rings. The van der Waals surface area contributed by atoms with Gasteiger partial charge in [0.2, 0.25) is 10.0 Å². The summed E-state index contributed by atoms with van der Waals surface area (Å²) in [6.07, 6.45) is 2.33. The van der Waals surface area contributed by atoms with Crippen LogP contribution in [0.15, 0.2) is 59.6 Å². The molecule has 0 bridgehead atoms. The van der Waals surface area contributed by atoms with Crippen molar-refractivity contribution in [3.63, 3.8) is 0 Å². The van der Waals surface area contributed by atoms with Gasteiger partial charge in [-0.3, -0.25) is 4.79 Å². The minimum Gasteiger partial charge on any atom is -0.495 e. The molecule has 1 heterocycles. The summed E-state index contributed by atoms with van der Waals surface area (Å²) in [6.45, 7) is 1.94. The Morgan fingerprint density at radius 2 is 1.90 bits per heavy atom. The third kappa shape index (κ3) is 4.78. The number of benzene rings is 2. The molecule has 0 aliphatic carbocycles. The van der Waals surface area contributed by atoms with E-state index < -0.39 is 15.9 Å². The molecular formula is C22H26N4O4S. The van der Waals surface area contributed by atoms with Crippen LogP contribution in [0.25, 0.3) is 11.3 Å². The van der Waals surface area contributed by atoms with Crippen LogP contribution in [0.2, 0.25) is 0 Å². The van der Waals surface area contributed by atoms with Crippen LogP contribution in [0.4, 0.5) is 0 Å². The number of rotatable bonds is 8. The molecule has 0 saturated heterocycles. The van der Waals surface area contributed by atoms with Gasteiger partial charge in [0.1, 0.15) is 16.5 Å². The molecule has 2 N–H and O–H groups in total. The monoisotopic (exact) mass is 442 g/mol. The Labute approximate surface area is 182 Å². The van der Waals surface area contributed by atoms with Crippen molar-refractivity contribution < 1.29 is 17.9 Å². The fourth-order valence-corrected chi connectivity index (χ4v) is 4.17. The van der Waals surface area contributed by atoms with Crippen molar-refractivity contribution >= 4 is 15.9 Å². The minimum atomic E-state index is -3.78. The number of amides is 1. The number of hydrogen-bond donors (Lipinski definition) is 2. The topological polar surface area (TPSA) is 104 Å². The van der Waals surface area contributed by atoms with Crippen molar-refractivity contribution in [2.45, 2.75) is 24.3 Å². The van der Waals surface area contributed by atoms with E-state index >= 15 is 0 Å². The van der Waals surface area contributed by atoms with E-state index in [1.807, 2.05) is 37.3 Å². The number of aromatic nitrogens is 2. The van der Waals surface area contributed by atoms with Crippen LogP contribution in [0.1, 0.15) is 35.6 Å². The number of imidazole rings is 1. The third-order valence-electron chi connectivity index (χ3n) is 4.91. The number of carbonyl (C=O) groups is 1. The fraction of sp³-hybridized carbons (Fsp3) is 0.273. The number of hydrogen-bond acceptors (Lipinski definition) is 5. The fourth-order valence-electron chi connectivity index (χ4n) is 3.10. The highest BCUT2D eigenvalue weighted by Gasteiger charge is 2.25. The number of sulfonamides is 1. The van der Waals surface area contributed by atoms with Gasteiger partial charge < -0.3 is 15.0 Å². The number of nitrogens with one attached hydrogen (secondary N) is 2. The number of H-pyrrole nitrogens is 1. The quantitative estimate of drug-likeness (QED) is 0.557. The van der Waals surface area contributed by atoms with Crippen molar-refractivity contribution in [3.05, 3.63) is 66.1 Å². The second kappa shape index (κ2) is 9.32. The van der Waals surface area contributed by atoms with Gasteiger partial charge in [0, 0.05) is 19.7 Å². The Morgan fingerprint density at radius 3 is 2.52 bits per heavy atom. The highest BCUT2D eigenvalue weighted by atomic mass is 32.2. The summed E-state index contributed by atoms with van der Waals surface area (Å²) in [4.78, 5) is 20.5. The van der Waals surface area contributed by atoms with Crippen LogP contribution in [-0.2, 0) is 10.0 Å². The van der Waals surface area contributed by atoms with Gasteiger partial charge in [-0.2, -0.15) is 0 Å². The van der Waals surface area contributed by atoms with Crippen LogP contribution >= 0.6 is 0 Å². The normalized spacial score (nSPS) is 12.5. The van der Waals surface area contributed by atoms with Crippen molar-refractivity contribution in [1.82, 2.24) is 19.6 Å². The van der Waals surface area contributed by atoms with Crippen LogP contribution < -0.4 is 10.1 Å². The number of carbonyl (C=O) groups excluding carboxylic acids is 1. The van der Waals surface area contributed by atoms with Crippen molar-refractivity contribution in [1.29, 1.82) is 0 Å². The summed E-state index contributed by atoms with van der Waals surface area (Å²) in [7, 11) is 0.461. The molecule has 9 heteroatoms. The zero-order valence-electron chi connectivity index (χ0n) is 17.9. The van der Waals surface area contributed by atoms with Crippen molar-refractivity contribution in [2.24, 2.45) is 0 Å². The molecule has 0 spiro atoms. The highest BCUT2D eigenvalue weighted by molar-refractivity contribution is 7.89. The van der Waals surface area contributed by atoms with Crippen molar-refractivity contribution in [3.8, 4) is 17.0 Å². The molecule has 0 radical (unpaired) electrons. The van der Waals surface area contributed by atoms with Gasteiger partial charge >= 0.3 is 0 Å². The molecule has 0 aliphatic heterocycles. The zero-order chi connectivity index (χ0) is 22.6. The van der Waals surface area contributed by atoms with Gasteiger partial charge in [-0.05, 0) is 30.2 Å². The molecule has 31 heavy (non-hydrogen) atoms. The van der Waals surface area contributed by atoms with Gasteiger partial charge in [0.15, 0.2) is 0 Å². The Kier molecular flexibility index (Phi) is 6.77. The molecule has 1 unspecified atom stereocenters. The first kappa shape index (κ1) is 22.5. The lowest BCUT2D eigenvalue weighted by Crippen LogP contribution is -2.29. The summed E-state index contributed by atoms with van der Waals surface area (Å²) in [5, 5.41) is 2.93.